The lowest BCUT2D eigenvalue weighted by atomic mass is 10.3. The van der Waals surface area contributed by atoms with Gasteiger partial charge in [-0.2, -0.15) is 10.5 Å². The third kappa shape index (κ3) is 1.31. The molecule has 0 saturated carbocycles. The van der Waals surface area contributed by atoms with Crippen molar-refractivity contribution in [1.29, 1.82) is 10.5 Å². The van der Waals surface area contributed by atoms with Crippen molar-refractivity contribution in [3.63, 3.8) is 0 Å². The van der Waals surface area contributed by atoms with Crippen molar-refractivity contribution in [1.82, 2.24) is 19.9 Å². The first-order valence-electron chi connectivity index (χ1n) is 4.00. The van der Waals surface area contributed by atoms with Gasteiger partial charge in [0.2, 0.25) is 0 Å². The van der Waals surface area contributed by atoms with Crippen molar-refractivity contribution in [3.05, 3.63) is 32.2 Å². The molecule has 2 heterocycles. The monoisotopic (exact) mass is 214 g/mol. The van der Waals surface area contributed by atoms with Gasteiger partial charge in [0.25, 0.3) is 5.56 Å². The highest BCUT2D eigenvalue weighted by Gasteiger charge is 2.10. The summed E-state index contributed by atoms with van der Waals surface area (Å²) in [6.45, 7) is 0. The quantitative estimate of drug-likeness (QED) is 0.561. The van der Waals surface area contributed by atoms with Crippen LogP contribution in [0.25, 0.3) is 11.2 Å². The van der Waals surface area contributed by atoms with E-state index in [1.165, 1.54) is 0 Å². The predicted molar refractivity (Wildman–Crippen MR) is 50.2 cm³/mol. The number of nitrogens with one attached hydrogen (secondary N) is 2. The topological polar surface area (TPSA) is 139 Å². The van der Waals surface area contributed by atoms with E-state index in [1.807, 2.05) is 4.98 Å². The Hall–Kier alpha value is -3.00. The van der Waals surface area contributed by atoms with Gasteiger partial charge in [0.1, 0.15) is 12.1 Å². The maximum atomic E-state index is 11.3. The van der Waals surface area contributed by atoms with E-state index in [0.29, 0.717) is 0 Å². The Kier molecular flexibility index (Phi) is 1.97. The van der Waals surface area contributed by atoms with Crippen LogP contribution in [0.2, 0.25) is 0 Å². The Morgan fingerprint density at radius 3 is 2.25 bits per heavy atom. The SMILES string of the molecule is N#Cc1nc2[nH]c(=O)[nH]c(=O)c2nc1C#N. The number of fused-ring (bicyclic) bond motifs is 1. The van der Waals surface area contributed by atoms with Gasteiger partial charge >= 0.3 is 5.69 Å². The molecule has 2 aromatic rings. The maximum Gasteiger partial charge on any atom is 0.327 e. The molecule has 0 spiro atoms. The molecule has 8 heteroatoms. The molecule has 0 aliphatic rings. The zero-order valence-electron chi connectivity index (χ0n) is 7.61. The molecule has 0 atom stereocenters. The third-order valence-electron chi connectivity index (χ3n) is 1.78. The van der Waals surface area contributed by atoms with Crippen LogP contribution in [0.15, 0.2) is 9.59 Å². The molecule has 0 saturated heterocycles. The summed E-state index contributed by atoms with van der Waals surface area (Å²) in [4.78, 5) is 33.7. The van der Waals surface area contributed by atoms with Crippen LogP contribution < -0.4 is 11.2 Å². The summed E-state index contributed by atoms with van der Waals surface area (Å²) in [6, 6.07) is 3.29. The van der Waals surface area contributed by atoms with Crippen molar-refractivity contribution in [3.8, 4) is 12.1 Å². The van der Waals surface area contributed by atoms with E-state index in [9.17, 15) is 9.59 Å². The Morgan fingerprint density at radius 1 is 1.00 bits per heavy atom. The minimum atomic E-state index is -0.757. The fourth-order valence-electron chi connectivity index (χ4n) is 1.14. The number of hydrogen-bond acceptors (Lipinski definition) is 6. The molecule has 0 bridgehead atoms. The molecule has 16 heavy (non-hydrogen) atoms. The van der Waals surface area contributed by atoms with Crippen LogP contribution in [0.3, 0.4) is 0 Å². The van der Waals surface area contributed by atoms with Gasteiger partial charge < -0.3 is 0 Å². The van der Waals surface area contributed by atoms with E-state index in [4.69, 9.17) is 10.5 Å². The second-order valence-electron chi connectivity index (χ2n) is 2.75. The van der Waals surface area contributed by atoms with Crippen LogP contribution in [0.4, 0.5) is 0 Å². The molecule has 8 nitrogen and oxygen atoms in total. The predicted octanol–water partition coefficient (Wildman–Crippen LogP) is -1.25. The number of rotatable bonds is 0. The van der Waals surface area contributed by atoms with Gasteiger partial charge in [0.15, 0.2) is 22.6 Å². The summed E-state index contributed by atoms with van der Waals surface area (Å²) in [7, 11) is 0. The van der Waals surface area contributed by atoms with E-state index < -0.39 is 11.2 Å². The Labute approximate surface area is 86.8 Å². The van der Waals surface area contributed by atoms with Crippen molar-refractivity contribution >= 4 is 11.2 Å². The Balaban J connectivity index is 3.03. The van der Waals surface area contributed by atoms with Gasteiger partial charge in [-0.15, -0.1) is 0 Å². The van der Waals surface area contributed by atoms with Gasteiger partial charge in [-0.05, 0) is 0 Å². The first-order valence-corrected chi connectivity index (χ1v) is 4.00. The fraction of sp³-hybridized carbons (Fsp3) is 0. The highest BCUT2D eigenvalue weighted by atomic mass is 16.2. The van der Waals surface area contributed by atoms with Crippen molar-refractivity contribution < 1.29 is 0 Å². The number of aromatic nitrogens is 4. The maximum absolute atomic E-state index is 11.3. The number of nitrogens with zero attached hydrogens (tertiary/aromatic N) is 4. The van der Waals surface area contributed by atoms with Gasteiger partial charge in [-0.25, -0.2) is 14.8 Å². The van der Waals surface area contributed by atoms with Gasteiger partial charge in [-0.3, -0.25) is 14.8 Å². The largest absolute Gasteiger partial charge is 0.327 e. The zero-order chi connectivity index (χ0) is 11.7. The molecular formula is C8H2N6O2. The molecule has 0 aromatic carbocycles. The normalized spacial score (nSPS) is 9.62. The number of H-pyrrole nitrogens is 2. The molecule has 76 valence electrons. The number of aromatic amines is 2. The standard InChI is InChI=1S/C8H2N6O2/c9-1-3-4(2-10)12-6-5(11-3)7(15)14-8(16)13-6/h(H2,12,13,14,15,16). The summed E-state index contributed by atoms with van der Waals surface area (Å²) < 4.78 is 0. The third-order valence-corrected chi connectivity index (χ3v) is 1.78. The van der Waals surface area contributed by atoms with Gasteiger partial charge in [-0.1, -0.05) is 0 Å². The zero-order valence-corrected chi connectivity index (χ0v) is 7.61. The molecule has 0 fully saturated rings. The van der Waals surface area contributed by atoms with E-state index in [-0.39, 0.29) is 22.6 Å². The smallest absolute Gasteiger partial charge is 0.290 e. The second kappa shape index (κ2) is 3.29. The first kappa shape index (κ1) is 9.55. The van der Waals surface area contributed by atoms with Crippen LogP contribution in [0.1, 0.15) is 11.4 Å². The molecular weight excluding hydrogens is 212 g/mol. The van der Waals surface area contributed by atoms with Crippen LogP contribution >= 0.6 is 0 Å². The minimum Gasteiger partial charge on any atom is -0.290 e. The fourth-order valence-corrected chi connectivity index (χ4v) is 1.14. The van der Waals surface area contributed by atoms with Crippen LogP contribution in [-0.2, 0) is 0 Å². The first-order chi connectivity index (χ1) is 7.65. The average Bonchev–Trinajstić information content (AvgIpc) is 2.27. The second-order valence-corrected chi connectivity index (χ2v) is 2.75. The highest BCUT2D eigenvalue weighted by molar-refractivity contribution is 5.69. The van der Waals surface area contributed by atoms with Crippen LogP contribution in [0, 0.1) is 22.7 Å². The minimum absolute atomic E-state index is 0.121. The van der Waals surface area contributed by atoms with Crippen molar-refractivity contribution in [2.24, 2.45) is 0 Å². The summed E-state index contributed by atoms with van der Waals surface area (Å²) in [5.41, 5.74) is -2.31. The van der Waals surface area contributed by atoms with Gasteiger partial charge in [0, 0.05) is 0 Å². The molecule has 0 amide bonds. The van der Waals surface area contributed by atoms with Crippen LogP contribution in [0.5, 0.6) is 0 Å². The van der Waals surface area contributed by atoms with E-state index in [0.717, 1.165) is 0 Å². The van der Waals surface area contributed by atoms with Crippen molar-refractivity contribution in [2.45, 2.75) is 0 Å². The van der Waals surface area contributed by atoms with E-state index in [2.05, 4.69) is 15.0 Å². The lowest BCUT2D eigenvalue weighted by Crippen LogP contribution is -2.23. The summed E-state index contributed by atoms with van der Waals surface area (Å²) in [6.07, 6.45) is 0. The van der Waals surface area contributed by atoms with E-state index in [1.54, 1.807) is 12.1 Å². The van der Waals surface area contributed by atoms with Crippen molar-refractivity contribution in [2.75, 3.05) is 0 Å². The van der Waals surface area contributed by atoms with E-state index >= 15 is 0 Å². The number of nitriles is 2. The molecule has 2 aromatic heterocycles. The Bertz CT molecular complexity index is 772. The highest BCUT2D eigenvalue weighted by Crippen LogP contribution is 2.04. The summed E-state index contributed by atoms with van der Waals surface area (Å²) >= 11 is 0. The number of hydrogen-bond donors (Lipinski definition) is 2. The lowest BCUT2D eigenvalue weighted by Gasteiger charge is -1.96. The molecule has 2 rings (SSSR count). The van der Waals surface area contributed by atoms with Gasteiger partial charge in [0.05, 0.1) is 0 Å². The lowest BCUT2D eigenvalue weighted by molar-refractivity contribution is 1.03. The average molecular weight is 214 g/mol. The molecule has 0 unspecified atom stereocenters. The summed E-state index contributed by atoms with van der Waals surface area (Å²) in [5.74, 6) is 0. The molecule has 0 aliphatic heterocycles. The Morgan fingerprint density at radius 2 is 1.62 bits per heavy atom. The van der Waals surface area contributed by atoms with Crippen LogP contribution in [-0.4, -0.2) is 19.9 Å². The molecule has 0 aliphatic carbocycles. The summed E-state index contributed by atoms with van der Waals surface area (Å²) in [5, 5.41) is 17.3. The molecule has 0 radical (unpaired) electrons. The molecule has 2 N–H and O–H groups in total.